The number of hydrogen-bond donors (Lipinski definition) is 1. The number of hydrogen-bond acceptors (Lipinski definition) is 4. The molecule has 6 nitrogen and oxygen atoms in total. The number of nitrogens with zero attached hydrogens (tertiary/aromatic N) is 1. The van der Waals surface area contributed by atoms with Crippen molar-refractivity contribution in [2.75, 3.05) is 16.2 Å². The van der Waals surface area contributed by atoms with Crippen LogP contribution >= 0.6 is 0 Å². The maximum absolute atomic E-state index is 13.1. The van der Waals surface area contributed by atoms with Crippen molar-refractivity contribution in [3.63, 3.8) is 0 Å². The van der Waals surface area contributed by atoms with Gasteiger partial charge in [-0.25, -0.2) is 8.42 Å². The molecule has 0 bridgehead atoms. The van der Waals surface area contributed by atoms with E-state index in [1.165, 1.54) is 4.31 Å². The fourth-order valence-corrected chi connectivity index (χ4v) is 5.39. The van der Waals surface area contributed by atoms with Crippen molar-refractivity contribution in [3.05, 3.63) is 60.7 Å². The minimum absolute atomic E-state index is 0.235. The molecule has 0 aliphatic carbocycles. The van der Waals surface area contributed by atoms with Gasteiger partial charge in [0.15, 0.2) is 0 Å². The van der Waals surface area contributed by atoms with E-state index in [2.05, 4.69) is 5.32 Å². The molecule has 1 aliphatic rings. The number of amides is 1. The van der Waals surface area contributed by atoms with Crippen LogP contribution in [0.4, 0.5) is 11.4 Å². The van der Waals surface area contributed by atoms with E-state index in [4.69, 9.17) is 4.74 Å². The molecule has 7 heteroatoms. The van der Waals surface area contributed by atoms with Crippen LogP contribution in [0.15, 0.2) is 65.6 Å². The maximum Gasteiger partial charge on any atom is 0.265 e. The van der Waals surface area contributed by atoms with Gasteiger partial charge in [0, 0.05) is 17.1 Å². The first-order valence-corrected chi connectivity index (χ1v) is 10.5. The SMILES string of the molecule is CCOc1cccc(NC(=O)[C@@H](C)N2c3cccc4cccc(c34)S2(=O)=O)c1. The third kappa shape index (κ3) is 2.88. The van der Waals surface area contributed by atoms with E-state index >= 15 is 0 Å². The molecule has 3 aromatic rings. The molecule has 0 fully saturated rings. The van der Waals surface area contributed by atoms with Crippen molar-refractivity contribution >= 4 is 38.1 Å². The quantitative estimate of drug-likeness (QED) is 0.712. The molecule has 0 unspecified atom stereocenters. The normalized spacial score (nSPS) is 15.4. The highest BCUT2D eigenvalue weighted by Crippen LogP contribution is 2.43. The summed E-state index contributed by atoms with van der Waals surface area (Å²) in [6.07, 6.45) is 0. The minimum atomic E-state index is -3.80. The van der Waals surface area contributed by atoms with E-state index in [1.807, 2.05) is 19.1 Å². The van der Waals surface area contributed by atoms with Crippen molar-refractivity contribution in [2.45, 2.75) is 24.8 Å². The van der Waals surface area contributed by atoms with Crippen molar-refractivity contribution < 1.29 is 17.9 Å². The second-order valence-electron chi connectivity index (χ2n) is 6.56. The molecular formula is C21H20N2O4S. The van der Waals surface area contributed by atoms with Crippen molar-refractivity contribution in [1.82, 2.24) is 0 Å². The van der Waals surface area contributed by atoms with E-state index in [0.29, 0.717) is 29.1 Å². The van der Waals surface area contributed by atoms with E-state index in [0.717, 1.165) is 5.39 Å². The van der Waals surface area contributed by atoms with Crippen LogP contribution in [0.2, 0.25) is 0 Å². The number of ether oxygens (including phenoxy) is 1. The second-order valence-corrected chi connectivity index (χ2v) is 8.34. The van der Waals surface area contributed by atoms with Crippen LogP contribution in [0.25, 0.3) is 10.8 Å². The molecule has 28 heavy (non-hydrogen) atoms. The van der Waals surface area contributed by atoms with Crippen LogP contribution in [0, 0.1) is 0 Å². The van der Waals surface area contributed by atoms with Gasteiger partial charge >= 0.3 is 0 Å². The monoisotopic (exact) mass is 396 g/mol. The maximum atomic E-state index is 13.1. The largest absolute Gasteiger partial charge is 0.494 e. The lowest BCUT2D eigenvalue weighted by molar-refractivity contribution is -0.116. The Morgan fingerprint density at radius 1 is 1.11 bits per heavy atom. The van der Waals surface area contributed by atoms with Crippen molar-refractivity contribution in [3.8, 4) is 5.75 Å². The summed E-state index contributed by atoms with van der Waals surface area (Å²) in [4.78, 5) is 13.1. The lowest BCUT2D eigenvalue weighted by Crippen LogP contribution is -2.43. The molecule has 3 aromatic carbocycles. The summed E-state index contributed by atoms with van der Waals surface area (Å²) in [5.74, 6) is 0.223. The van der Waals surface area contributed by atoms with Gasteiger partial charge in [-0.1, -0.05) is 30.3 Å². The predicted molar refractivity (Wildman–Crippen MR) is 109 cm³/mol. The van der Waals surface area contributed by atoms with Crippen LogP contribution in [0.3, 0.4) is 0 Å². The highest BCUT2D eigenvalue weighted by Gasteiger charge is 2.40. The Hall–Kier alpha value is -3.06. The second kappa shape index (κ2) is 6.83. The molecule has 0 saturated heterocycles. The Labute approximate surface area is 163 Å². The highest BCUT2D eigenvalue weighted by molar-refractivity contribution is 7.93. The minimum Gasteiger partial charge on any atom is -0.494 e. The summed E-state index contributed by atoms with van der Waals surface area (Å²) < 4.78 is 32.9. The summed E-state index contributed by atoms with van der Waals surface area (Å²) >= 11 is 0. The van der Waals surface area contributed by atoms with Crippen LogP contribution < -0.4 is 14.4 Å². The Balaban J connectivity index is 1.67. The van der Waals surface area contributed by atoms with Gasteiger partial charge in [0.1, 0.15) is 11.8 Å². The molecular weight excluding hydrogens is 376 g/mol. The van der Waals surface area contributed by atoms with Gasteiger partial charge < -0.3 is 10.1 Å². The fourth-order valence-electron chi connectivity index (χ4n) is 3.52. The average Bonchev–Trinajstić information content (AvgIpc) is 2.91. The molecule has 1 N–H and O–H groups in total. The smallest absolute Gasteiger partial charge is 0.265 e. The third-order valence-corrected chi connectivity index (χ3v) is 6.69. The number of nitrogens with one attached hydrogen (secondary N) is 1. The average molecular weight is 396 g/mol. The molecule has 4 rings (SSSR count). The Bertz CT molecular complexity index is 1170. The molecule has 1 atom stereocenters. The Morgan fingerprint density at radius 3 is 2.57 bits per heavy atom. The summed E-state index contributed by atoms with van der Waals surface area (Å²) in [6.45, 7) is 3.98. The zero-order chi connectivity index (χ0) is 19.9. The summed E-state index contributed by atoms with van der Waals surface area (Å²) in [5, 5.41) is 4.28. The lowest BCUT2D eigenvalue weighted by Gasteiger charge is -2.25. The molecule has 1 heterocycles. The summed E-state index contributed by atoms with van der Waals surface area (Å²) in [7, 11) is -3.80. The van der Waals surface area contributed by atoms with Gasteiger partial charge in [-0.3, -0.25) is 9.10 Å². The zero-order valence-electron chi connectivity index (χ0n) is 15.5. The first-order valence-electron chi connectivity index (χ1n) is 9.03. The lowest BCUT2D eigenvalue weighted by atomic mass is 10.1. The Morgan fingerprint density at radius 2 is 1.82 bits per heavy atom. The standard InChI is InChI=1S/C21H20N2O4S/c1-3-27-17-10-6-9-16(13-17)22-21(24)14(2)23-18-11-4-7-15-8-5-12-19(20(15)18)28(23,25)26/h4-14H,3H2,1-2H3,(H,22,24)/t14-/m1/s1. The number of sulfonamides is 1. The van der Waals surface area contributed by atoms with E-state index in [1.54, 1.807) is 55.5 Å². The van der Waals surface area contributed by atoms with Crippen LogP contribution in [-0.4, -0.2) is 27.0 Å². The molecule has 1 amide bonds. The van der Waals surface area contributed by atoms with Gasteiger partial charge in [0.2, 0.25) is 5.91 Å². The molecule has 0 saturated carbocycles. The van der Waals surface area contributed by atoms with Gasteiger partial charge in [0.25, 0.3) is 10.0 Å². The van der Waals surface area contributed by atoms with Gasteiger partial charge in [-0.15, -0.1) is 0 Å². The fraction of sp³-hybridized carbons (Fsp3) is 0.190. The number of benzene rings is 3. The first kappa shape index (κ1) is 18.3. The van der Waals surface area contributed by atoms with Crippen molar-refractivity contribution in [2.24, 2.45) is 0 Å². The van der Waals surface area contributed by atoms with Crippen molar-refractivity contribution in [1.29, 1.82) is 0 Å². The third-order valence-electron chi connectivity index (χ3n) is 4.76. The highest BCUT2D eigenvalue weighted by atomic mass is 32.2. The molecule has 0 radical (unpaired) electrons. The Kier molecular flexibility index (Phi) is 4.47. The topological polar surface area (TPSA) is 75.7 Å². The first-order chi connectivity index (χ1) is 13.4. The van der Waals surface area contributed by atoms with Gasteiger partial charge in [-0.2, -0.15) is 0 Å². The van der Waals surface area contributed by atoms with Crippen LogP contribution in [-0.2, 0) is 14.8 Å². The van der Waals surface area contributed by atoms with Gasteiger partial charge in [-0.05, 0) is 43.5 Å². The van der Waals surface area contributed by atoms with Gasteiger partial charge in [0.05, 0.1) is 17.2 Å². The van der Waals surface area contributed by atoms with Crippen LogP contribution in [0.1, 0.15) is 13.8 Å². The van der Waals surface area contributed by atoms with E-state index < -0.39 is 22.0 Å². The number of rotatable bonds is 5. The zero-order valence-corrected chi connectivity index (χ0v) is 16.4. The predicted octanol–water partition coefficient (Wildman–Crippen LogP) is 3.77. The summed E-state index contributed by atoms with van der Waals surface area (Å²) in [5.41, 5.74) is 1.08. The van der Waals surface area contributed by atoms with Crippen LogP contribution in [0.5, 0.6) is 5.75 Å². The number of carbonyl (C=O) groups is 1. The molecule has 0 spiro atoms. The van der Waals surface area contributed by atoms with E-state index in [9.17, 15) is 13.2 Å². The number of anilines is 2. The van der Waals surface area contributed by atoms with E-state index in [-0.39, 0.29) is 4.90 Å². The molecule has 144 valence electrons. The molecule has 0 aromatic heterocycles. The molecule has 1 aliphatic heterocycles. The summed E-state index contributed by atoms with van der Waals surface area (Å²) in [6, 6.07) is 16.7. The number of carbonyl (C=O) groups excluding carboxylic acids is 1.